The summed E-state index contributed by atoms with van der Waals surface area (Å²) in [6.45, 7) is 15.1. The highest BCUT2D eigenvalue weighted by Crippen LogP contribution is 2.66. The summed E-state index contributed by atoms with van der Waals surface area (Å²) in [6, 6.07) is 9.79. The lowest BCUT2D eigenvalue weighted by atomic mass is 9.47. The maximum absolute atomic E-state index is 10.9. The van der Waals surface area contributed by atoms with Crippen LogP contribution in [0.3, 0.4) is 0 Å². The van der Waals surface area contributed by atoms with E-state index in [1.54, 1.807) is 0 Å². The Labute approximate surface area is 200 Å². The van der Waals surface area contributed by atoms with Crippen molar-refractivity contribution in [1.29, 1.82) is 0 Å². The van der Waals surface area contributed by atoms with E-state index in [0.29, 0.717) is 19.8 Å². The molecule has 2 saturated carbocycles. The maximum Gasteiger partial charge on any atom is 0.193 e. The zero-order chi connectivity index (χ0) is 23.9. The highest BCUT2D eigenvalue weighted by molar-refractivity contribution is 6.74. The summed E-state index contributed by atoms with van der Waals surface area (Å²) < 4.78 is 24.8. The van der Waals surface area contributed by atoms with Gasteiger partial charge >= 0.3 is 0 Å². The van der Waals surface area contributed by atoms with Crippen LogP contribution in [0.1, 0.15) is 47.0 Å². The van der Waals surface area contributed by atoms with Gasteiger partial charge in [0.1, 0.15) is 18.5 Å². The minimum atomic E-state index is -2.05. The van der Waals surface area contributed by atoms with Crippen LogP contribution in [-0.4, -0.2) is 51.2 Å². The molecule has 0 unspecified atom stereocenters. The molecule has 5 atom stereocenters. The Morgan fingerprint density at radius 3 is 2.48 bits per heavy atom. The Morgan fingerprint density at radius 1 is 1.18 bits per heavy atom. The summed E-state index contributed by atoms with van der Waals surface area (Å²) in [7, 11) is -2.05. The fourth-order valence-corrected chi connectivity index (χ4v) is 6.50. The van der Waals surface area contributed by atoms with Gasteiger partial charge in [-0.1, -0.05) is 57.7 Å². The van der Waals surface area contributed by atoms with Gasteiger partial charge < -0.3 is 23.7 Å². The van der Waals surface area contributed by atoms with Crippen LogP contribution in [0, 0.1) is 29.1 Å². The third-order valence-electron chi connectivity index (χ3n) is 8.54. The standard InChI is InChI=1S/C27H40O5Si/c1-25(2,3)33(5,6)32-21(19-29-20-10-8-7-9-11-20)12-13-22-23-18-27(30-16-17-31-27)26(23,4)15-14-24(22)28/h7-11,21-24,28H,14-19H2,1-6H3/t21-,22+,23+,24+,26-/m0/s1. The molecule has 1 saturated heterocycles. The number of hydrogen-bond donors (Lipinski definition) is 1. The summed E-state index contributed by atoms with van der Waals surface area (Å²) in [5.41, 5.74) is -0.0988. The molecule has 3 aliphatic rings. The Morgan fingerprint density at radius 2 is 1.85 bits per heavy atom. The van der Waals surface area contributed by atoms with E-state index in [4.69, 9.17) is 18.6 Å². The molecule has 33 heavy (non-hydrogen) atoms. The molecule has 1 aromatic carbocycles. The average molecular weight is 473 g/mol. The Kier molecular flexibility index (Phi) is 6.76. The van der Waals surface area contributed by atoms with Gasteiger partial charge in [-0.3, -0.25) is 0 Å². The third kappa shape index (κ3) is 4.63. The second-order valence-electron chi connectivity index (χ2n) is 11.6. The van der Waals surface area contributed by atoms with Gasteiger partial charge in [0.25, 0.3) is 0 Å². The molecule has 4 rings (SSSR count). The number of para-hydroxylation sites is 1. The second kappa shape index (κ2) is 9.01. The SMILES string of the molecule is CC(C)(C)[Si](C)(C)O[C@@H](C#C[C@H]1[C@H](O)CC[C@@]2(C)[C@@H]1CC21OCCO1)COc1ccccc1. The summed E-state index contributed by atoms with van der Waals surface area (Å²) in [5.74, 6) is 7.33. The average Bonchev–Trinajstić information content (AvgIpc) is 3.26. The van der Waals surface area contributed by atoms with Crippen molar-refractivity contribution in [1.82, 2.24) is 0 Å². The first-order valence-corrected chi connectivity index (χ1v) is 15.2. The van der Waals surface area contributed by atoms with Crippen LogP contribution in [0.2, 0.25) is 18.1 Å². The van der Waals surface area contributed by atoms with Crippen molar-refractivity contribution in [2.45, 2.75) is 83.1 Å². The monoisotopic (exact) mass is 472 g/mol. The van der Waals surface area contributed by atoms with E-state index in [2.05, 4.69) is 52.6 Å². The number of benzene rings is 1. The van der Waals surface area contributed by atoms with Crippen LogP contribution in [0.5, 0.6) is 5.75 Å². The highest BCUT2D eigenvalue weighted by Gasteiger charge is 2.69. The lowest BCUT2D eigenvalue weighted by Gasteiger charge is -2.64. The van der Waals surface area contributed by atoms with E-state index < -0.39 is 20.2 Å². The molecule has 2 aliphatic carbocycles. The lowest BCUT2D eigenvalue weighted by molar-refractivity contribution is -0.344. The number of aliphatic hydroxyl groups is 1. The Hall–Kier alpha value is -1.36. The first-order chi connectivity index (χ1) is 15.5. The van der Waals surface area contributed by atoms with Gasteiger partial charge in [0.05, 0.1) is 25.2 Å². The Balaban J connectivity index is 1.53. The van der Waals surface area contributed by atoms with Crippen LogP contribution in [-0.2, 0) is 13.9 Å². The van der Waals surface area contributed by atoms with Gasteiger partial charge in [0.15, 0.2) is 14.1 Å². The van der Waals surface area contributed by atoms with Gasteiger partial charge in [-0.15, -0.1) is 0 Å². The van der Waals surface area contributed by atoms with Crippen LogP contribution in [0.25, 0.3) is 0 Å². The minimum Gasteiger partial charge on any atom is -0.490 e. The van der Waals surface area contributed by atoms with E-state index in [1.807, 2.05) is 30.3 Å². The maximum atomic E-state index is 10.9. The molecule has 3 fully saturated rings. The summed E-state index contributed by atoms with van der Waals surface area (Å²) >= 11 is 0. The number of ether oxygens (including phenoxy) is 3. The predicted molar refractivity (Wildman–Crippen MR) is 131 cm³/mol. The van der Waals surface area contributed by atoms with E-state index in [-0.39, 0.29) is 28.4 Å². The van der Waals surface area contributed by atoms with Crippen LogP contribution < -0.4 is 4.74 Å². The van der Waals surface area contributed by atoms with Crippen LogP contribution >= 0.6 is 0 Å². The van der Waals surface area contributed by atoms with Gasteiger partial charge in [-0.05, 0) is 49.0 Å². The molecule has 6 heteroatoms. The fourth-order valence-electron chi connectivity index (χ4n) is 5.31. The first kappa shape index (κ1) is 24.8. The van der Waals surface area contributed by atoms with E-state index in [0.717, 1.165) is 25.0 Å². The van der Waals surface area contributed by atoms with Crippen molar-refractivity contribution in [2.75, 3.05) is 19.8 Å². The number of aliphatic hydroxyl groups excluding tert-OH is 1. The van der Waals surface area contributed by atoms with Crippen LogP contribution in [0.4, 0.5) is 0 Å². The molecule has 1 aliphatic heterocycles. The fraction of sp³-hybridized carbons (Fsp3) is 0.704. The smallest absolute Gasteiger partial charge is 0.193 e. The molecule has 0 bridgehead atoms. The number of hydrogen-bond acceptors (Lipinski definition) is 5. The quantitative estimate of drug-likeness (QED) is 0.483. The summed E-state index contributed by atoms with van der Waals surface area (Å²) in [6.07, 6.45) is 1.64. The van der Waals surface area contributed by atoms with Gasteiger partial charge in [-0.25, -0.2) is 0 Å². The molecule has 5 nitrogen and oxygen atoms in total. The molecule has 182 valence electrons. The van der Waals surface area contributed by atoms with Gasteiger partial charge in [-0.2, -0.15) is 0 Å². The molecular formula is C27H40O5Si. The van der Waals surface area contributed by atoms with Crippen molar-refractivity contribution in [3.63, 3.8) is 0 Å². The predicted octanol–water partition coefficient (Wildman–Crippen LogP) is 5.00. The van der Waals surface area contributed by atoms with Gasteiger partial charge in [0, 0.05) is 11.8 Å². The molecule has 0 radical (unpaired) electrons. The lowest BCUT2D eigenvalue weighted by Crippen LogP contribution is -2.67. The first-order valence-electron chi connectivity index (χ1n) is 12.3. The zero-order valence-corrected chi connectivity index (χ0v) is 22.0. The van der Waals surface area contributed by atoms with Crippen molar-refractivity contribution in [3.8, 4) is 17.6 Å². The highest BCUT2D eigenvalue weighted by atomic mass is 28.4. The van der Waals surface area contributed by atoms with Crippen LogP contribution in [0.15, 0.2) is 30.3 Å². The summed E-state index contributed by atoms with van der Waals surface area (Å²) in [4.78, 5) is 0. The van der Waals surface area contributed by atoms with Crippen molar-refractivity contribution < 1.29 is 23.7 Å². The molecule has 0 aromatic heterocycles. The van der Waals surface area contributed by atoms with Crippen molar-refractivity contribution >= 4 is 8.32 Å². The molecule has 1 N–H and O–H groups in total. The van der Waals surface area contributed by atoms with Crippen molar-refractivity contribution in [3.05, 3.63) is 30.3 Å². The topological polar surface area (TPSA) is 57.2 Å². The zero-order valence-electron chi connectivity index (χ0n) is 21.0. The third-order valence-corrected chi connectivity index (χ3v) is 13.0. The summed E-state index contributed by atoms with van der Waals surface area (Å²) in [5, 5.41) is 10.9. The largest absolute Gasteiger partial charge is 0.490 e. The molecule has 1 aromatic rings. The minimum absolute atomic E-state index is 0.0696. The van der Waals surface area contributed by atoms with Gasteiger partial charge in [0.2, 0.25) is 0 Å². The number of fused-ring (bicyclic) bond motifs is 2. The van der Waals surface area contributed by atoms with E-state index in [1.165, 1.54) is 0 Å². The molecule has 1 heterocycles. The number of rotatable bonds is 5. The Bertz CT molecular complexity index is 877. The molecule has 1 spiro atoms. The van der Waals surface area contributed by atoms with E-state index >= 15 is 0 Å². The van der Waals surface area contributed by atoms with E-state index in [9.17, 15) is 5.11 Å². The normalized spacial score (nSPS) is 31.8. The molecule has 0 amide bonds. The second-order valence-corrected chi connectivity index (χ2v) is 16.3. The molecular weight excluding hydrogens is 432 g/mol. The van der Waals surface area contributed by atoms with Crippen molar-refractivity contribution in [2.24, 2.45) is 17.3 Å².